The third-order valence-electron chi connectivity index (χ3n) is 4.97. The molecule has 29 heavy (non-hydrogen) atoms. The first kappa shape index (κ1) is 19.1. The summed E-state index contributed by atoms with van der Waals surface area (Å²) < 4.78 is 37.3. The molecule has 2 N–H and O–H groups in total. The fourth-order valence-corrected chi connectivity index (χ4v) is 5.10. The van der Waals surface area contributed by atoms with E-state index in [2.05, 4.69) is 15.5 Å². The number of H-pyrrole nitrogens is 1. The van der Waals surface area contributed by atoms with Crippen molar-refractivity contribution in [3.63, 3.8) is 0 Å². The van der Waals surface area contributed by atoms with Crippen molar-refractivity contribution in [2.75, 3.05) is 20.8 Å². The molecule has 8 heteroatoms. The van der Waals surface area contributed by atoms with Crippen LogP contribution >= 0.6 is 0 Å². The van der Waals surface area contributed by atoms with Crippen LogP contribution in [0.1, 0.15) is 11.5 Å². The van der Waals surface area contributed by atoms with Crippen molar-refractivity contribution in [1.29, 1.82) is 0 Å². The highest BCUT2D eigenvalue weighted by atomic mass is 32.2. The summed E-state index contributed by atoms with van der Waals surface area (Å²) in [4.78, 5) is 3.12. The summed E-state index contributed by atoms with van der Waals surface area (Å²) in [6.45, 7) is 0.420. The number of benzene rings is 2. The molecule has 0 saturated carbocycles. The third-order valence-corrected chi connectivity index (χ3v) is 6.82. The largest absolute Gasteiger partial charge is 0.497 e. The molecule has 0 spiro atoms. The highest BCUT2D eigenvalue weighted by molar-refractivity contribution is 8.06. The van der Waals surface area contributed by atoms with Crippen molar-refractivity contribution < 1.29 is 17.9 Å². The summed E-state index contributed by atoms with van der Waals surface area (Å²) in [5.74, 6) is 1.05. The number of hydrogen-bond acceptors (Lipinski definition) is 6. The van der Waals surface area contributed by atoms with E-state index in [9.17, 15) is 8.42 Å². The maximum atomic E-state index is 13.5. The lowest BCUT2D eigenvalue weighted by Gasteiger charge is -2.14. The van der Waals surface area contributed by atoms with Crippen LogP contribution in [0.5, 0.6) is 11.5 Å². The predicted molar refractivity (Wildman–Crippen MR) is 111 cm³/mol. The van der Waals surface area contributed by atoms with Crippen LogP contribution in [-0.2, 0) is 9.84 Å². The van der Waals surface area contributed by atoms with Gasteiger partial charge < -0.3 is 19.9 Å². The summed E-state index contributed by atoms with van der Waals surface area (Å²) in [5, 5.41) is 4.25. The molecule has 1 aliphatic heterocycles. The molecule has 1 atom stereocenters. The van der Waals surface area contributed by atoms with Gasteiger partial charge in [-0.25, -0.2) is 8.42 Å². The number of ether oxygens (including phenoxy) is 2. The van der Waals surface area contributed by atoms with E-state index in [1.165, 1.54) is 6.20 Å². The smallest absolute Gasteiger partial charge is 0.224 e. The van der Waals surface area contributed by atoms with E-state index in [0.29, 0.717) is 23.6 Å². The number of rotatable bonds is 5. The number of aromatic nitrogens is 1. The van der Waals surface area contributed by atoms with Gasteiger partial charge in [0.05, 0.1) is 25.0 Å². The zero-order chi connectivity index (χ0) is 20.4. The summed E-state index contributed by atoms with van der Waals surface area (Å²) in [6.07, 6.45) is 3.18. The van der Waals surface area contributed by atoms with E-state index in [0.717, 1.165) is 11.1 Å². The van der Waals surface area contributed by atoms with Crippen LogP contribution in [0, 0.1) is 0 Å². The molecule has 0 saturated heterocycles. The van der Waals surface area contributed by atoms with Gasteiger partial charge in [0.2, 0.25) is 9.84 Å². The average molecular weight is 411 g/mol. The quantitative estimate of drug-likeness (QED) is 0.673. The number of aromatic amines is 1. The van der Waals surface area contributed by atoms with Crippen LogP contribution in [-0.4, -0.2) is 39.2 Å². The Hall–Kier alpha value is -3.26. The lowest BCUT2D eigenvalue weighted by molar-refractivity contribution is 0.414. The minimum Gasteiger partial charge on any atom is -0.497 e. The molecule has 7 nitrogen and oxygen atoms in total. The number of methoxy groups -OCH3 is 2. The molecule has 0 radical (unpaired) electrons. The molecule has 1 aromatic heterocycles. The van der Waals surface area contributed by atoms with Gasteiger partial charge in [0.1, 0.15) is 11.5 Å². The summed E-state index contributed by atoms with van der Waals surface area (Å²) in [5.41, 5.74) is 5.07. The highest BCUT2D eigenvalue weighted by Gasteiger charge is 2.36. The molecule has 2 aromatic carbocycles. The number of hydrogen-bond donors (Lipinski definition) is 2. The highest BCUT2D eigenvalue weighted by Crippen LogP contribution is 2.34. The Morgan fingerprint density at radius 1 is 0.931 bits per heavy atom. The molecule has 0 amide bonds. The molecule has 4 rings (SSSR count). The number of nitrogens with one attached hydrogen (secondary N) is 2. The molecule has 0 unspecified atom stereocenters. The SMILES string of the molecule is COc1ccc(-c2c[nH]cc2S(=O)(=O)C2=NNC[C@H]2c2ccc(OC)cc2)cc1. The van der Waals surface area contributed by atoms with Crippen LogP contribution in [0.15, 0.2) is 70.9 Å². The molecular formula is C21H21N3O4S. The van der Waals surface area contributed by atoms with Crippen molar-refractivity contribution in [2.24, 2.45) is 5.10 Å². The van der Waals surface area contributed by atoms with Gasteiger partial charge in [-0.3, -0.25) is 0 Å². The van der Waals surface area contributed by atoms with Gasteiger partial charge in [0.25, 0.3) is 0 Å². The van der Waals surface area contributed by atoms with Gasteiger partial charge in [-0.15, -0.1) is 0 Å². The second-order valence-electron chi connectivity index (χ2n) is 6.60. The molecule has 0 fully saturated rings. The van der Waals surface area contributed by atoms with Crippen molar-refractivity contribution in [3.8, 4) is 22.6 Å². The Bertz CT molecular complexity index is 1130. The van der Waals surface area contributed by atoms with E-state index >= 15 is 0 Å². The van der Waals surface area contributed by atoms with Crippen LogP contribution in [0.3, 0.4) is 0 Å². The van der Waals surface area contributed by atoms with Crippen LogP contribution in [0.2, 0.25) is 0 Å². The molecular weight excluding hydrogens is 390 g/mol. The zero-order valence-electron chi connectivity index (χ0n) is 16.0. The predicted octanol–water partition coefficient (Wildman–Crippen LogP) is 3.17. The minimum absolute atomic E-state index is 0.108. The molecule has 0 aliphatic carbocycles. The Labute approximate surface area is 169 Å². The van der Waals surface area contributed by atoms with Gasteiger partial charge in [-0.1, -0.05) is 24.3 Å². The van der Waals surface area contributed by atoms with Gasteiger partial charge in [0.15, 0.2) is 5.04 Å². The lowest BCUT2D eigenvalue weighted by Crippen LogP contribution is -2.22. The van der Waals surface area contributed by atoms with E-state index in [1.807, 2.05) is 36.4 Å². The van der Waals surface area contributed by atoms with Gasteiger partial charge in [0, 0.05) is 24.5 Å². The minimum atomic E-state index is -3.81. The second-order valence-corrected chi connectivity index (χ2v) is 8.47. The Balaban J connectivity index is 1.70. The third kappa shape index (κ3) is 3.47. The Morgan fingerprint density at radius 3 is 2.17 bits per heavy atom. The van der Waals surface area contributed by atoms with Gasteiger partial charge in [-0.05, 0) is 35.4 Å². The first-order chi connectivity index (χ1) is 14.0. The topological polar surface area (TPSA) is 92.8 Å². The second kappa shape index (κ2) is 7.63. The maximum absolute atomic E-state index is 13.5. The Kier molecular flexibility index (Phi) is 5.02. The standard InChI is InChI=1S/C21H21N3O4S/c1-27-16-7-3-14(4-8-16)18-11-22-13-20(18)29(25,26)21-19(12-23-24-21)15-5-9-17(28-2)10-6-15/h3-11,13,19,22-23H,12H2,1-2H3/t19-/m0/s1. The molecule has 3 aromatic rings. The van der Waals surface area contributed by atoms with E-state index in [-0.39, 0.29) is 15.9 Å². The van der Waals surface area contributed by atoms with Gasteiger partial charge in [-0.2, -0.15) is 5.10 Å². The normalized spacial score (nSPS) is 16.2. The van der Waals surface area contributed by atoms with Crippen molar-refractivity contribution in [1.82, 2.24) is 10.4 Å². The summed E-state index contributed by atoms with van der Waals surface area (Å²) in [6, 6.07) is 14.6. The number of sulfone groups is 1. The molecule has 1 aliphatic rings. The fraction of sp³-hybridized carbons (Fsp3) is 0.190. The summed E-state index contributed by atoms with van der Waals surface area (Å²) >= 11 is 0. The van der Waals surface area contributed by atoms with Crippen LogP contribution < -0.4 is 14.9 Å². The number of hydrazone groups is 1. The lowest BCUT2D eigenvalue weighted by atomic mass is 10.0. The van der Waals surface area contributed by atoms with Crippen LogP contribution in [0.25, 0.3) is 11.1 Å². The van der Waals surface area contributed by atoms with E-state index in [1.54, 1.807) is 32.5 Å². The fourth-order valence-electron chi connectivity index (χ4n) is 3.40. The van der Waals surface area contributed by atoms with Crippen LogP contribution in [0.4, 0.5) is 0 Å². The molecule has 2 heterocycles. The summed E-state index contributed by atoms with van der Waals surface area (Å²) in [7, 11) is -0.627. The molecule has 0 bridgehead atoms. The van der Waals surface area contributed by atoms with Crippen molar-refractivity contribution >= 4 is 14.9 Å². The first-order valence-corrected chi connectivity index (χ1v) is 10.5. The van der Waals surface area contributed by atoms with Gasteiger partial charge >= 0.3 is 0 Å². The molecule has 150 valence electrons. The average Bonchev–Trinajstić information content (AvgIpc) is 3.44. The van der Waals surface area contributed by atoms with Crippen molar-refractivity contribution in [2.45, 2.75) is 10.8 Å². The van der Waals surface area contributed by atoms with Crippen molar-refractivity contribution in [3.05, 3.63) is 66.5 Å². The monoisotopic (exact) mass is 411 g/mol. The van der Waals surface area contributed by atoms with E-state index < -0.39 is 9.84 Å². The van der Waals surface area contributed by atoms with E-state index in [4.69, 9.17) is 9.47 Å². The maximum Gasteiger partial charge on any atom is 0.224 e. The number of nitrogens with zero attached hydrogens (tertiary/aromatic N) is 1. The Morgan fingerprint density at radius 2 is 1.55 bits per heavy atom. The first-order valence-electron chi connectivity index (χ1n) is 9.05. The zero-order valence-corrected chi connectivity index (χ0v) is 16.9.